The number of carboxylic acids is 1. The fourth-order valence-corrected chi connectivity index (χ4v) is 0.899. The quantitative estimate of drug-likeness (QED) is 0.722. The fraction of sp³-hybridized carbons (Fsp3) is 0.556. The van der Waals surface area contributed by atoms with Gasteiger partial charge in [0.05, 0.1) is 6.54 Å². The molecule has 0 aliphatic rings. The maximum Gasteiger partial charge on any atom is 0.406 e. The molecular weight excluding hydrogens is 241 g/mol. The van der Waals surface area contributed by atoms with Crippen molar-refractivity contribution in [3.63, 3.8) is 0 Å². The number of hydrogen-bond acceptors (Lipinski definition) is 2. The molecule has 0 atom stereocenters. The monoisotopic (exact) mass is 252 g/mol. The first-order chi connectivity index (χ1) is 7.76. The highest BCUT2D eigenvalue weighted by Crippen LogP contribution is 2.16. The molecule has 2 amide bonds. The molecule has 0 bridgehead atoms. The lowest BCUT2D eigenvalue weighted by Gasteiger charge is -2.21. The van der Waals surface area contributed by atoms with Crippen LogP contribution in [0.3, 0.4) is 0 Å². The second-order valence-electron chi connectivity index (χ2n) is 2.95. The highest BCUT2D eigenvalue weighted by atomic mass is 19.4. The molecule has 0 fully saturated rings. The largest absolute Gasteiger partial charge is 0.480 e. The normalized spacial score (nSPS) is 10.1. The summed E-state index contributed by atoms with van der Waals surface area (Å²) in [5.41, 5.74) is 0. The topological polar surface area (TPSA) is 69.6 Å². The number of nitrogens with one attached hydrogen (secondary N) is 1. The third-order valence-corrected chi connectivity index (χ3v) is 1.49. The predicted molar refractivity (Wildman–Crippen MR) is 52.1 cm³/mol. The van der Waals surface area contributed by atoms with Crippen LogP contribution < -0.4 is 5.32 Å². The molecule has 2 N–H and O–H groups in total. The molecule has 0 rings (SSSR count). The van der Waals surface area contributed by atoms with Crippen molar-refractivity contribution in [3.05, 3.63) is 0 Å². The summed E-state index contributed by atoms with van der Waals surface area (Å²) in [6.45, 7) is -1.28. The van der Waals surface area contributed by atoms with Gasteiger partial charge in [-0.2, -0.15) is 13.2 Å². The van der Waals surface area contributed by atoms with Gasteiger partial charge in [0.2, 0.25) is 0 Å². The summed E-state index contributed by atoms with van der Waals surface area (Å²) in [6, 6.07) is -1.12. The van der Waals surface area contributed by atoms with Crippen LogP contribution in [0.25, 0.3) is 0 Å². The van der Waals surface area contributed by atoms with Gasteiger partial charge in [-0.3, -0.25) is 4.79 Å². The van der Waals surface area contributed by atoms with Crippen LogP contribution in [0.15, 0.2) is 0 Å². The number of carboxylic acid groups (broad SMARTS) is 1. The van der Waals surface area contributed by atoms with E-state index in [1.165, 1.54) is 6.92 Å². The highest BCUT2D eigenvalue weighted by molar-refractivity contribution is 5.80. The summed E-state index contributed by atoms with van der Waals surface area (Å²) in [4.78, 5) is 21.7. The number of halogens is 3. The molecular formula is C9H11F3N2O3. The van der Waals surface area contributed by atoms with Crippen LogP contribution in [-0.2, 0) is 4.79 Å². The van der Waals surface area contributed by atoms with E-state index in [1.54, 1.807) is 0 Å². The number of carbonyl (C=O) groups excluding carboxylic acids is 1. The summed E-state index contributed by atoms with van der Waals surface area (Å²) in [5.74, 6) is 3.32. The predicted octanol–water partition coefficient (Wildman–Crippen LogP) is 0.668. The standard InChI is InChI=1S/C9H11F3N2O3/c1-2-3-4-13-8(17)14(5-7(15)16)6-9(10,11)12/h4-6H2,1H3,(H,13,17)(H,15,16). The van der Waals surface area contributed by atoms with E-state index in [2.05, 4.69) is 17.2 Å². The van der Waals surface area contributed by atoms with Gasteiger partial charge < -0.3 is 15.3 Å². The van der Waals surface area contributed by atoms with Gasteiger partial charge >= 0.3 is 18.2 Å². The van der Waals surface area contributed by atoms with Crippen LogP contribution >= 0.6 is 0 Å². The minimum Gasteiger partial charge on any atom is -0.480 e. The van der Waals surface area contributed by atoms with Crippen molar-refractivity contribution in [2.75, 3.05) is 19.6 Å². The van der Waals surface area contributed by atoms with Gasteiger partial charge in [-0.1, -0.05) is 5.92 Å². The zero-order valence-electron chi connectivity index (χ0n) is 8.97. The van der Waals surface area contributed by atoms with Crippen molar-refractivity contribution < 1.29 is 27.9 Å². The smallest absolute Gasteiger partial charge is 0.406 e. The number of carbonyl (C=O) groups is 2. The first-order valence-corrected chi connectivity index (χ1v) is 4.47. The molecule has 96 valence electrons. The van der Waals surface area contributed by atoms with E-state index in [0.29, 0.717) is 0 Å². The van der Waals surface area contributed by atoms with E-state index in [1.807, 2.05) is 0 Å². The third-order valence-electron chi connectivity index (χ3n) is 1.49. The Hall–Kier alpha value is -1.91. The Balaban J connectivity index is 4.48. The minimum absolute atomic E-state index is 0.136. The molecule has 0 aromatic rings. The molecule has 0 radical (unpaired) electrons. The number of nitrogens with zero attached hydrogens (tertiary/aromatic N) is 1. The summed E-state index contributed by atoms with van der Waals surface area (Å²) in [6.07, 6.45) is -4.65. The van der Waals surface area contributed by atoms with E-state index >= 15 is 0 Å². The van der Waals surface area contributed by atoms with Crippen LogP contribution in [0, 0.1) is 11.8 Å². The summed E-state index contributed by atoms with van der Waals surface area (Å²) >= 11 is 0. The third kappa shape index (κ3) is 7.96. The van der Waals surface area contributed by atoms with Gasteiger partial charge in [-0.15, -0.1) is 5.92 Å². The van der Waals surface area contributed by atoms with Gasteiger partial charge in [0.15, 0.2) is 0 Å². The maximum absolute atomic E-state index is 12.1. The Labute approximate surface area is 95.6 Å². The summed E-state index contributed by atoms with van der Waals surface area (Å²) in [7, 11) is 0. The van der Waals surface area contributed by atoms with Gasteiger partial charge in [0, 0.05) is 0 Å². The van der Waals surface area contributed by atoms with Gasteiger partial charge in [0.1, 0.15) is 13.1 Å². The molecule has 0 saturated heterocycles. The van der Waals surface area contributed by atoms with Gasteiger partial charge in [-0.05, 0) is 6.92 Å². The Bertz CT molecular complexity index is 344. The van der Waals surface area contributed by atoms with Crippen molar-refractivity contribution in [2.45, 2.75) is 13.1 Å². The Kier molecular flexibility index (Phi) is 5.88. The van der Waals surface area contributed by atoms with Gasteiger partial charge in [0.25, 0.3) is 0 Å². The van der Waals surface area contributed by atoms with Crippen molar-refractivity contribution >= 4 is 12.0 Å². The molecule has 5 nitrogen and oxygen atoms in total. The Morgan fingerprint density at radius 3 is 2.41 bits per heavy atom. The minimum atomic E-state index is -4.65. The highest BCUT2D eigenvalue weighted by Gasteiger charge is 2.33. The van der Waals surface area contributed by atoms with Crippen LogP contribution in [0.2, 0.25) is 0 Å². The fourth-order valence-electron chi connectivity index (χ4n) is 0.899. The molecule has 0 unspecified atom stereocenters. The van der Waals surface area contributed by atoms with Crippen LogP contribution in [0.4, 0.5) is 18.0 Å². The second-order valence-corrected chi connectivity index (χ2v) is 2.95. The molecule has 0 saturated carbocycles. The number of hydrogen-bond donors (Lipinski definition) is 2. The number of amides is 2. The van der Waals surface area contributed by atoms with E-state index in [4.69, 9.17) is 5.11 Å². The number of aliphatic carboxylic acids is 1. The van der Waals surface area contributed by atoms with E-state index < -0.39 is 31.3 Å². The molecule has 8 heteroatoms. The van der Waals surface area contributed by atoms with E-state index in [0.717, 1.165) is 0 Å². The molecule has 0 aliphatic carbocycles. The number of rotatable bonds is 4. The Morgan fingerprint density at radius 1 is 1.41 bits per heavy atom. The van der Waals surface area contributed by atoms with Crippen molar-refractivity contribution in [1.82, 2.24) is 10.2 Å². The first-order valence-electron chi connectivity index (χ1n) is 4.47. The molecule has 0 spiro atoms. The molecule has 17 heavy (non-hydrogen) atoms. The van der Waals surface area contributed by atoms with Crippen LogP contribution in [-0.4, -0.2) is 47.8 Å². The van der Waals surface area contributed by atoms with Crippen molar-refractivity contribution in [1.29, 1.82) is 0 Å². The lowest BCUT2D eigenvalue weighted by Crippen LogP contribution is -2.47. The molecule has 0 aliphatic heterocycles. The van der Waals surface area contributed by atoms with E-state index in [-0.39, 0.29) is 11.4 Å². The second kappa shape index (κ2) is 6.62. The van der Waals surface area contributed by atoms with Crippen molar-refractivity contribution in [3.8, 4) is 11.8 Å². The summed E-state index contributed by atoms with van der Waals surface area (Å²) in [5, 5.41) is 10.4. The average molecular weight is 252 g/mol. The maximum atomic E-state index is 12.1. The van der Waals surface area contributed by atoms with Crippen LogP contribution in [0.5, 0.6) is 0 Å². The zero-order valence-corrected chi connectivity index (χ0v) is 8.97. The SMILES string of the molecule is CC#CCNC(=O)N(CC(=O)O)CC(F)(F)F. The first kappa shape index (κ1) is 15.1. The average Bonchev–Trinajstić information content (AvgIpc) is 2.14. The number of urea groups is 1. The van der Waals surface area contributed by atoms with Gasteiger partial charge in [-0.25, -0.2) is 4.79 Å². The number of alkyl halides is 3. The lowest BCUT2D eigenvalue weighted by molar-refractivity contribution is -0.148. The molecule has 0 aromatic carbocycles. The van der Waals surface area contributed by atoms with E-state index in [9.17, 15) is 22.8 Å². The summed E-state index contributed by atoms with van der Waals surface area (Å²) < 4.78 is 36.2. The van der Waals surface area contributed by atoms with Crippen molar-refractivity contribution in [2.24, 2.45) is 0 Å². The Morgan fingerprint density at radius 2 is 2.00 bits per heavy atom. The zero-order chi connectivity index (χ0) is 13.5. The van der Waals surface area contributed by atoms with Crippen LogP contribution in [0.1, 0.15) is 6.92 Å². The molecule has 0 heterocycles. The lowest BCUT2D eigenvalue weighted by atomic mass is 10.4. The molecule has 0 aromatic heterocycles.